The van der Waals surface area contributed by atoms with Gasteiger partial charge in [-0.2, -0.15) is 0 Å². The summed E-state index contributed by atoms with van der Waals surface area (Å²) >= 11 is 1.22. The molecule has 1 saturated heterocycles. The summed E-state index contributed by atoms with van der Waals surface area (Å²) in [4.78, 5) is 43.4. The van der Waals surface area contributed by atoms with E-state index in [-0.39, 0.29) is 29.1 Å². The minimum atomic E-state index is -0.206. The fourth-order valence-electron chi connectivity index (χ4n) is 3.94. The number of Topliss-reactive ketones (excluding diaryl/α,β-unsaturated/α-hetero) is 1. The van der Waals surface area contributed by atoms with E-state index >= 15 is 0 Å². The van der Waals surface area contributed by atoms with Gasteiger partial charge in [0.15, 0.2) is 10.9 Å². The van der Waals surface area contributed by atoms with E-state index in [4.69, 9.17) is 14.5 Å². The zero-order valence-corrected chi connectivity index (χ0v) is 20.7. The topological polar surface area (TPSA) is 99.5 Å². The fourth-order valence-corrected chi connectivity index (χ4v) is 4.84. The van der Waals surface area contributed by atoms with Crippen LogP contribution in [0.15, 0.2) is 52.4 Å². The average molecular weight is 496 g/mol. The summed E-state index contributed by atoms with van der Waals surface area (Å²) in [6.45, 7) is 3.60. The number of carbonyl (C=O) groups is 2. The minimum absolute atomic E-state index is 0.0670. The number of hydrogen-bond donors (Lipinski definition) is 1. The maximum absolute atomic E-state index is 13.4. The van der Waals surface area contributed by atoms with Crippen LogP contribution in [0, 0.1) is 0 Å². The SMILES string of the molecule is CCCNC(=O)c1ccc2c(=O)n(C[C@@H]3CCCO3)c(SCC(=O)c3ccc(OC)cc3)nc2c1. The number of ether oxygens (including phenoxy) is 2. The second-order valence-corrected chi connectivity index (χ2v) is 9.32. The molecule has 1 aliphatic heterocycles. The number of ketones is 1. The molecule has 1 atom stereocenters. The summed E-state index contributed by atoms with van der Waals surface area (Å²) < 4.78 is 12.5. The fraction of sp³-hybridized carbons (Fsp3) is 0.385. The Kier molecular flexibility index (Phi) is 8.20. The first-order valence-electron chi connectivity index (χ1n) is 11.7. The maximum atomic E-state index is 13.4. The third-order valence-corrected chi connectivity index (χ3v) is 6.85. The van der Waals surface area contributed by atoms with Gasteiger partial charge in [-0.15, -0.1) is 0 Å². The van der Waals surface area contributed by atoms with Gasteiger partial charge in [-0.3, -0.25) is 19.0 Å². The molecular formula is C26H29N3O5S. The van der Waals surface area contributed by atoms with Crippen molar-refractivity contribution in [1.29, 1.82) is 0 Å². The number of carbonyl (C=O) groups excluding carboxylic acids is 2. The van der Waals surface area contributed by atoms with Gasteiger partial charge in [-0.25, -0.2) is 4.98 Å². The quantitative estimate of drug-likeness (QED) is 0.260. The Morgan fingerprint density at radius 2 is 1.97 bits per heavy atom. The molecule has 8 nitrogen and oxygen atoms in total. The standard InChI is InChI=1S/C26H29N3O5S/c1-3-12-27-24(31)18-8-11-21-22(14-18)28-26(29(25(21)32)15-20-5-4-13-34-20)35-16-23(30)17-6-9-19(33-2)10-7-17/h6-11,14,20H,3-5,12-13,15-16H2,1-2H3,(H,27,31)/t20-/m0/s1. The van der Waals surface area contributed by atoms with Crippen LogP contribution < -0.4 is 15.6 Å². The van der Waals surface area contributed by atoms with Crippen LogP contribution in [-0.4, -0.2) is 53.4 Å². The molecule has 1 fully saturated rings. The van der Waals surface area contributed by atoms with Crippen molar-refractivity contribution in [3.63, 3.8) is 0 Å². The summed E-state index contributed by atoms with van der Waals surface area (Å²) in [5.41, 5.74) is 1.23. The van der Waals surface area contributed by atoms with Crippen LogP contribution >= 0.6 is 11.8 Å². The van der Waals surface area contributed by atoms with Gasteiger partial charge in [0, 0.05) is 24.3 Å². The van der Waals surface area contributed by atoms with Gasteiger partial charge in [-0.1, -0.05) is 18.7 Å². The highest BCUT2D eigenvalue weighted by atomic mass is 32.2. The van der Waals surface area contributed by atoms with E-state index in [0.29, 0.717) is 52.6 Å². The molecule has 1 aromatic heterocycles. The summed E-state index contributed by atoms with van der Waals surface area (Å²) in [5.74, 6) is 0.507. The molecule has 2 heterocycles. The number of methoxy groups -OCH3 is 1. The minimum Gasteiger partial charge on any atom is -0.497 e. The van der Waals surface area contributed by atoms with E-state index in [1.165, 1.54) is 11.8 Å². The largest absolute Gasteiger partial charge is 0.497 e. The van der Waals surface area contributed by atoms with Crippen molar-refractivity contribution in [1.82, 2.24) is 14.9 Å². The molecule has 0 bridgehead atoms. The molecule has 0 unspecified atom stereocenters. The van der Waals surface area contributed by atoms with E-state index in [0.717, 1.165) is 19.3 Å². The summed E-state index contributed by atoms with van der Waals surface area (Å²) in [6, 6.07) is 11.8. The van der Waals surface area contributed by atoms with Crippen LogP contribution in [0.1, 0.15) is 46.9 Å². The van der Waals surface area contributed by atoms with Gasteiger partial charge in [0.1, 0.15) is 5.75 Å². The van der Waals surface area contributed by atoms with Crippen molar-refractivity contribution in [3.05, 3.63) is 63.9 Å². The molecule has 2 aromatic carbocycles. The molecule has 4 rings (SSSR count). The number of nitrogens with one attached hydrogen (secondary N) is 1. The Labute approximate surface area is 208 Å². The zero-order chi connectivity index (χ0) is 24.8. The second-order valence-electron chi connectivity index (χ2n) is 8.37. The van der Waals surface area contributed by atoms with Crippen LogP contribution in [0.2, 0.25) is 0 Å². The summed E-state index contributed by atoms with van der Waals surface area (Å²) in [5, 5.41) is 3.71. The molecule has 0 saturated carbocycles. The lowest BCUT2D eigenvalue weighted by atomic mass is 10.1. The number of aromatic nitrogens is 2. The van der Waals surface area contributed by atoms with E-state index in [9.17, 15) is 14.4 Å². The number of benzene rings is 2. The number of rotatable bonds is 10. The highest BCUT2D eigenvalue weighted by molar-refractivity contribution is 7.99. The summed E-state index contributed by atoms with van der Waals surface area (Å²) in [6.07, 6.45) is 2.59. The van der Waals surface area contributed by atoms with E-state index < -0.39 is 0 Å². The van der Waals surface area contributed by atoms with Crippen molar-refractivity contribution in [3.8, 4) is 5.75 Å². The smallest absolute Gasteiger partial charge is 0.262 e. The first-order valence-corrected chi connectivity index (χ1v) is 12.7. The molecule has 0 radical (unpaired) electrons. The lowest BCUT2D eigenvalue weighted by Crippen LogP contribution is -2.29. The molecule has 35 heavy (non-hydrogen) atoms. The number of amides is 1. The number of thioether (sulfide) groups is 1. The predicted molar refractivity (Wildman–Crippen MR) is 136 cm³/mol. The Bertz CT molecular complexity index is 1270. The molecule has 1 N–H and O–H groups in total. The van der Waals surface area contributed by atoms with Crippen LogP contribution in [0.25, 0.3) is 10.9 Å². The third-order valence-electron chi connectivity index (χ3n) is 5.87. The van der Waals surface area contributed by atoms with Crippen molar-refractivity contribution >= 4 is 34.4 Å². The zero-order valence-electron chi connectivity index (χ0n) is 19.9. The number of hydrogen-bond acceptors (Lipinski definition) is 7. The number of nitrogens with zero attached hydrogens (tertiary/aromatic N) is 2. The van der Waals surface area contributed by atoms with Gasteiger partial charge in [0.05, 0.1) is 36.4 Å². The summed E-state index contributed by atoms with van der Waals surface area (Å²) in [7, 11) is 1.57. The lowest BCUT2D eigenvalue weighted by molar-refractivity contribution is 0.0937. The second kappa shape index (κ2) is 11.5. The van der Waals surface area contributed by atoms with Crippen molar-refractivity contribution in [2.24, 2.45) is 0 Å². The van der Waals surface area contributed by atoms with Gasteiger partial charge in [0.25, 0.3) is 11.5 Å². The van der Waals surface area contributed by atoms with E-state index in [1.54, 1.807) is 54.1 Å². The Balaban J connectivity index is 1.64. The van der Waals surface area contributed by atoms with Crippen LogP contribution in [0.3, 0.4) is 0 Å². The third kappa shape index (κ3) is 5.91. The first-order chi connectivity index (χ1) is 17.0. The van der Waals surface area contributed by atoms with Crippen molar-refractivity contribution in [2.45, 2.75) is 44.0 Å². The average Bonchev–Trinajstić information content (AvgIpc) is 3.40. The van der Waals surface area contributed by atoms with Crippen molar-refractivity contribution < 1.29 is 19.1 Å². The molecule has 184 valence electrons. The number of fused-ring (bicyclic) bond motifs is 1. The van der Waals surface area contributed by atoms with Gasteiger partial charge in [-0.05, 0) is 61.7 Å². The predicted octanol–water partition coefficient (Wildman–Crippen LogP) is 3.70. The Hall–Kier alpha value is -3.17. The molecule has 1 amide bonds. The van der Waals surface area contributed by atoms with Crippen LogP contribution in [0.5, 0.6) is 5.75 Å². The molecule has 3 aromatic rings. The molecule has 0 spiro atoms. The first kappa shape index (κ1) is 24.9. The monoisotopic (exact) mass is 495 g/mol. The molecule has 0 aliphatic carbocycles. The molecular weight excluding hydrogens is 466 g/mol. The highest BCUT2D eigenvalue weighted by Gasteiger charge is 2.21. The highest BCUT2D eigenvalue weighted by Crippen LogP contribution is 2.23. The van der Waals surface area contributed by atoms with Gasteiger partial charge in [0.2, 0.25) is 0 Å². The maximum Gasteiger partial charge on any atom is 0.262 e. The Morgan fingerprint density at radius 3 is 2.66 bits per heavy atom. The Morgan fingerprint density at radius 1 is 1.20 bits per heavy atom. The lowest BCUT2D eigenvalue weighted by Gasteiger charge is -2.16. The van der Waals surface area contributed by atoms with Crippen LogP contribution in [-0.2, 0) is 11.3 Å². The normalized spacial score (nSPS) is 15.3. The van der Waals surface area contributed by atoms with Gasteiger partial charge >= 0.3 is 0 Å². The van der Waals surface area contributed by atoms with Crippen LogP contribution in [0.4, 0.5) is 0 Å². The molecule has 9 heteroatoms. The molecule has 1 aliphatic rings. The van der Waals surface area contributed by atoms with E-state index in [1.807, 2.05) is 6.92 Å². The van der Waals surface area contributed by atoms with E-state index in [2.05, 4.69) is 5.32 Å². The van der Waals surface area contributed by atoms with Crippen molar-refractivity contribution in [2.75, 3.05) is 26.0 Å². The van der Waals surface area contributed by atoms with Gasteiger partial charge < -0.3 is 14.8 Å².